The number of hydrogen-bond acceptors (Lipinski definition) is 4. The zero-order valence-electron chi connectivity index (χ0n) is 9.27. The molecule has 0 aromatic heterocycles. The summed E-state index contributed by atoms with van der Waals surface area (Å²) in [5.74, 6) is -2.09. The number of ether oxygens (including phenoxy) is 1. The Morgan fingerprint density at radius 1 is 1.24 bits per heavy atom. The molecular weight excluding hydrogens is 452 g/mol. The molecule has 0 heterocycles. The standard InChI is InChI=1S/C10H13I2NO4/c1-17-10(15)8-6(4-12)2-5(3-11)7(8)9(14)13-16/h5-8H,2-4H2,1H3/t5?,6-,7?,8?/m1/s1. The molecule has 7 heteroatoms. The van der Waals surface area contributed by atoms with Gasteiger partial charge in [0.05, 0.1) is 18.9 Å². The third-order valence-electron chi connectivity index (χ3n) is 3.25. The van der Waals surface area contributed by atoms with E-state index < -0.39 is 23.7 Å². The molecule has 0 N–H and O–H groups in total. The van der Waals surface area contributed by atoms with Gasteiger partial charge in [0.15, 0.2) is 0 Å². The molecule has 0 radical (unpaired) electrons. The van der Waals surface area contributed by atoms with Gasteiger partial charge in [0.1, 0.15) is 0 Å². The molecule has 96 valence electrons. The van der Waals surface area contributed by atoms with Crippen molar-refractivity contribution in [2.45, 2.75) is 6.42 Å². The Kier molecular flexibility index (Phi) is 6.24. The fourth-order valence-electron chi connectivity index (χ4n) is 2.48. The lowest BCUT2D eigenvalue weighted by molar-refractivity contribution is -0.150. The monoisotopic (exact) mass is 465 g/mol. The van der Waals surface area contributed by atoms with Crippen LogP contribution in [0.5, 0.6) is 0 Å². The number of nitrogens with zero attached hydrogens (tertiary/aromatic N) is 1. The number of amides is 1. The van der Waals surface area contributed by atoms with E-state index in [4.69, 9.17) is 4.74 Å². The SMILES string of the molecule is COC(=O)C1C(C(=O)N=O)C(CI)C[C@@H]1CI. The molecule has 0 aromatic rings. The number of methoxy groups -OCH3 is 1. The molecule has 1 fully saturated rings. The average molecular weight is 465 g/mol. The van der Waals surface area contributed by atoms with Gasteiger partial charge in [0.25, 0.3) is 5.91 Å². The maximum Gasteiger partial charge on any atom is 0.309 e. The Morgan fingerprint density at radius 2 is 1.76 bits per heavy atom. The van der Waals surface area contributed by atoms with E-state index in [1.54, 1.807) is 0 Å². The number of carbonyl (C=O) groups excluding carboxylic acids is 2. The van der Waals surface area contributed by atoms with E-state index in [2.05, 4.69) is 50.4 Å². The van der Waals surface area contributed by atoms with Crippen LogP contribution in [0.2, 0.25) is 0 Å². The highest BCUT2D eigenvalue weighted by Crippen LogP contribution is 2.44. The smallest absolute Gasteiger partial charge is 0.309 e. The van der Waals surface area contributed by atoms with Crippen LogP contribution in [0.3, 0.4) is 0 Å². The van der Waals surface area contributed by atoms with Crippen LogP contribution < -0.4 is 0 Å². The molecule has 1 amide bonds. The summed E-state index contributed by atoms with van der Waals surface area (Å²) in [6.07, 6.45) is 0.775. The lowest BCUT2D eigenvalue weighted by Crippen LogP contribution is -2.32. The first-order chi connectivity index (χ1) is 8.10. The average Bonchev–Trinajstić information content (AvgIpc) is 2.75. The first-order valence-electron chi connectivity index (χ1n) is 5.17. The van der Waals surface area contributed by atoms with Gasteiger partial charge >= 0.3 is 5.97 Å². The van der Waals surface area contributed by atoms with E-state index in [0.717, 1.165) is 15.3 Å². The Bertz CT molecular complexity index is 323. The quantitative estimate of drug-likeness (QED) is 0.277. The molecule has 1 aliphatic rings. The van der Waals surface area contributed by atoms with E-state index in [0.29, 0.717) is 0 Å². The Balaban J connectivity index is 3.03. The molecular formula is C10H13I2NO4. The number of halogens is 2. The summed E-state index contributed by atoms with van der Waals surface area (Å²) >= 11 is 4.37. The van der Waals surface area contributed by atoms with Crippen LogP contribution in [0.25, 0.3) is 0 Å². The largest absolute Gasteiger partial charge is 0.469 e. The minimum Gasteiger partial charge on any atom is -0.469 e. The molecule has 1 rings (SSSR count). The van der Waals surface area contributed by atoms with Crippen LogP contribution >= 0.6 is 45.2 Å². The summed E-state index contributed by atoms with van der Waals surface area (Å²) in [6, 6.07) is 0. The van der Waals surface area contributed by atoms with E-state index in [-0.39, 0.29) is 11.8 Å². The highest BCUT2D eigenvalue weighted by Gasteiger charge is 2.50. The van der Waals surface area contributed by atoms with Crippen LogP contribution in [0.4, 0.5) is 0 Å². The van der Waals surface area contributed by atoms with Crippen molar-refractivity contribution in [2.75, 3.05) is 16.0 Å². The van der Waals surface area contributed by atoms with Crippen molar-refractivity contribution in [2.24, 2.45) is 28.8 Å². The second-order valence-electron chi connectivity index (χ2n) is 4.07. The molecule has 17 heavy (non-hydrogen) atoms. The molecule has 0 saturated heterocycles. The molecule has 3 unspecified atom stereocenters. The first kappa shape index (κ1) is 15.3. The Labute approximate surface area is 127 Å². The number of alkyl halides is 2. The van der Waals surface area contributed by atoms with Crippen LogP contribution in [-0.4, -0.2) is 27.8 Å². The Hall–Kier alpha value is 0.200. The number of rotatable bonds is 4. The van der Waals surface area contributed by atoms with Crippen molar-refractivity contribution in [3.63, 3.8) is 0 Å². The van der Waals surface area contributed by atoms with E-state index in [1.165, 1.54) is 7.11 Å². The maximum absolute atomic E-state index is 11.8. The van der Waals surface area contributed by atoms with Crippen molar-refractivity contribution in [3.05, 3.63) is 4.91 Å². The summed E-state index contributed by atoms with van der Waals surface area (Å²) in [7, 11) is 1.31. The highest BCUT2D eigenvalue weighted by molar-refractivity contribution is 14.1. The number of nitroso groups, excluding NO2 is 1. The molecule has 0 aliphatic heterocycles. The fourth-order valence-corrected chi connectivity index (χ4v) is 4.29. The lowest BCUT2D eigenvalue weighted by Gasteiger charge is -2.19. The topological polar surface area (TPSA) is 72.8 Å². The van der Waals surface area contributed by atoms with Gasteiger partial charge in [-0.15, -0.1) is 4.91 Å². The molecule has 5 nitrogen and oxygen atoms in total. The maximum atomic E-state index is 11.8. The highest BCUT2D eigenvalue weighted by atomic mass is 127. The lowest BCUT2D eigenvalue weighted by atomic mass is 9.87. The summed E-state index contributed by atoms with van der Waals surface area (Å²) in [4.78, 5) is 33.8. The normalized spacial score (nSPS) is 32.2. The molecule has 1 aliphatic carbocycles. The molecule has 1 saturated carbocycles. The van der Waals surface area contributed by atoms with Gasteiger partial charge in [-0.1, -0.05) is 45.2 Å². The third-order valence-corrected chi connectivity index (χ3v) is 5.52. The second kappa shape index (κ2) is 6.95. The van der Waals surface area contributed by atoms with Crippen molar-refractivity contribution in [1.82, 2.24) is 0 Å². The van der Waals surface area contributed by atoms with Gasteiger partial charge in [-0.25, -0.2) is 0 Å². The van der Waals surface area contributed by atoms with Gasteiger partial charge in [0, 0.05) is 14.0 Å². The van der Waals surface area contributed by atoms with E-state index in [9.17, 15) is 14.5 Å². The molecule has 0 bridgehead atoms. The van der Waals surface area contributed by atoms with Gasteiger partial charge in [-0.3, -0.25) is 9.59 Å². The Morgan fingerprint density at radius 3 is 2.18 bits per heavy atom. The van der Waals surface area contributed by atoms with Crippen molar-refractivity contribution in [1.29, 1.82) is 0 Å². The molecule has 0 spiro atoms. The number of carbonyl (C=O) groups is 2. The number of esters is 1. The van der Waals surface area contributed by atoms with Crippen LogP contribution in [0, 0.1) is 28.6 Å². The number of hydrogen-bond donors (Lipinski definition) is 0. The van der Waals surface area contributed by atoms with Crippen molar-refractivity contribution < 1.29 is 14.3 Å². The fraction of sp³-hybridized carbons (Fsp3) is 0.800. The van der Waals surface area contributed by atoms with Gasteiger partial charge in [0.2, 0.25) is 0 Å². The third kappa shape index (κ3) is 3.15. The van der Waals surface area contributed by atoms with Gasteiger partial charge in [-0.05, 0) is 18.3 Å². The summed E-state index contributed by atoms with van der Waals surface area (Å²) < 4.78 is 6.25. The zero-order chi connectivity index (χ0) is 13.0. The minimum absolute atomic E-state index is 0.0460. The van der Waals surface area contributed by atoms with Crippen molar-refractivity contribution in [3.8, 4) is 0 Å². The van der Waals surface area contributed by atoms with Crippen LogP contribution in [-0.2, 0) is 14.3 Å². The molecule has 4 atom stereocenters. The van der Waals surface area contributed by atoms with Gasteiger partial charge in [-0.2, -0.15) is 0 Å². The summed E-state index contributed by atoms with van der Waals surface area (Å²) in [6.45, 7) is 0. The predicted octanol–water partition coefficient (Wildman–Crippen LogP) is 2.19. The van der Waals surface area contributed by atoms with Crippen molar-refractivity contribution >= 4 is 57.1 Å². The van der Waals surface area contributed by atoms with E-state index >= 15 is 0 Å². The zero-order valence-corrected chi connectivity index (χ0v) is 13.6. The van der Waals surface area contributed by atoms with Crippen LogP contribution in [0.1, 0.15) is 6.42 Å². The van der Waals surface area contributed by atoms with Gasteiger partial charge < -0.3 is 4.74 Å². The molecule has 0 aromatic carbocycles. The van der Waals surface area contributed by atoms with E-state index in [1.807, 2.05) is 0 Å². The second-order valence-corrected chi connectivity index (χ2v) is 5.83. The summed E-state index contributed by atoms with van der Waals surface area (Å²) in [5, 5.41) is 2.50. The summed E-state index contributed by atoms with van der Waals surface area (Å²) in [5.41, 5.74) is 0. The predicted molar refractivity (Wildman–Crippen MR) is 79.2 cm³/mol. The first-order valence-corrected chi connectivity index (χ1v) is 8.22. The van der Waals surface area contributed by atoms with Crippen LogP contribution in [0.15, 0.2) is 5.18 Å². The minimum atomic E-state index is -0.714.